The van der Waals surface area contributed by atoms with E-state index in [2.05, 4.69) is 4.98 Å². The van der Waals surface area contributed by atoms with E-state index in [1.807, 2.05) is 53.6 Å². The Hall–Kier alpha value is -2.37. The van der Waals surface area contributed by atoms with Gasteiger partial charge in [0.05, 0.1) is 12.2 Å². The van der Waals surface area contributed by atoms with Gasteiger partial charge in [-0.3, -0.25) is 4.79 Å². The van der Waals surface area contributed by atoms with E-state index in [0.29, 0.717) is 24.2 Å². The highest BCUT2D eigenvalue weighted by molar-refractivity contribution is 7.09. The number of rotatable bonds is 7. The molecule has 0 saturated heterocycles. The molecule has 0 unspecified atom stereocenters. The maximum absolute atomic E-state index is 13.0. The highest BCUT2D eigenvalue weighted by Crippen LogP contribution is 2.30. The molecule has 0 N–H and O–H groups in total. The van der Waals surface area contributed by atoms with E-state index in [1.165, 1.54) is 0 Å². The zero-order valence-electron chi connectivity index (χ0n) is 15.6. The molecule has 1 fully saturated rings. The number of hydrogen-bond donors (Lipinski definition) is 0. The summed E-state index contributed by atoms with van der Waals surface area (Å²) in [4.78, 5) is 19.6. The molecule has 0 bridgehead atoms. The number of carbonyl (C=O) groups is 1. The Morgan fingerprint density at radius 1 is 1.18 bits per heavy atom. The largest absolute Gasteiger partial charge is 0.486 e. The molecule has 1 aromatic heterocycles. The Labute approximate surface area is 173 Å². The number of aromatic nitrogens is 1. The van der Waals surface area contributed by atoms with Crippen LogP contribution in [0, 0.1) is 6.92 Å². The van der Waals surface area contributed by atoms with E-state index in [9.17, 15) is 4.79 Å². The van der Waals surface area contributed by atoms with Gasteiger partial charge in [0.15, 0.2) is 0 Å². The number of amides is 1. The van der Waals surface area contributed by atoms with Gasteiger partial charge in [-0.2, -0.15) is 0 Å². The van der Waals surface area contributed by atoms with Crippen LogP contribution in [-0.4, -0.2) is 21.8 Å². The van der Waals surface area contributed by atoms with E-state index in [0.717, 1.165) is 40.4 Å². The summed E-state index contributed by atoms with van der Waals surface area (Å²) in [5, 5.41) is 3.59. The molecule has 6 heteroatoms. The van der Waals surface area contributed by atoms with Crippen molar-refractivity contribution in [2.75, 3.05) is 0 Å². The van der Waals surface area contributed by atoms with Gasteiger partial charge >= 0.3 is 0 Å². The van der Waals surface area contributed by atoms with Crippen LogP contribution in [0.15, 0.2) is 53.9 Å². The minimum Gasteiger partial charge on any atom is -0.486 e. The number of nitrogens with zero attached hydrogens (tertiary/aromatic N) is 2. The first-order valence-corrected chi connectivity index (χ1v) is 10.5. The van der Waals surface area contributed by atoms with Crippen molar-refractivity contribution in [1.29, 1.82) is 0 Å². The van der Waals surface area contributed by atoms with Crippen molar-refractivity contribution in [2.45, 2.75) is 39.0 Å². The molecule has 0 atom stereocenters. The first-order chi connectivity index (χ1) is 13.6. The van der Waals surface area contributed by atoms with Crippen molar-refractivity contribution < 1.29 is 9.53 Å². The number of hydrogen-bond acceptors (Lipinski definition) is 4. The van der Waals surface area contributed by atoms with Crippen LogP contribution >= 0.6 is 22.9 Å². The van der Waals surface area contributed by atoms with Gasteiger partial charge in [0.1, 0.15) is 17.4 Å². The van der Waals surface area contributed by atoms with E-state index >= 15 is 0 Å². The quantitative estimate of drug-likeness (QED) is 0.515. The lowest BCUT2D eigenvalue weighted by Crippen LogP contribution is -2.32. The van der Waals surface area contributed by atoms with E-state index < -0.39 is 0 Å². The monoisotopic (exact) mass is 412 g/mol. The fraction of sp³-hybridized carbons (Fsp3) is 0.273. The summed E-state index contributed by atoms with van der Waals surface area (Å²) in [5.41, 5.74) is 2.80. The van der Waals surface area contributed by atoms with Crippen molar-refractivity contribution in [1.82, 2.24) is 9.88 Å². The number of thiazole rings is 1. The van der Waals surface area contributed by atoms with E-state index in [1.54, 1.807) is 23.5 Å². The smallest absolute Gasteiger partial charge is 0.254 e. The van der Waals surface area contributed by atoms with E-state index in [-0.39, 0.29) is 5.91 Å². The Morgan fingerprint density at radius 2 is 1.89 bits per heavy atom. The summed E-state index contributed by atoms with van der Waals surface area (Å²) < 4.78 is 5.76. The highest BCUT2D eigenvalue weighted by atomic mass is 35.5. The number of aryl methyl sites for hydroxylation is 1. The second-order valence-corrected chi connectivity index (χ2v) is 8.38. The molecule has 4 rings (SSSR count). The molecule has 1 aliphatic carbocycles. The predicted octanol–water partition coefficient (Wildman–Crippen LogP) is 5.49. The summed E-state index contributed by atoms with van der Waals surface area (Å²) in [7, 11) is 0. The molecule has 2 aromatic carbocycles. The average Bonchev–Trinajstić information content (AvgIpc) is 3.45. The second-order valence-electron chi connectivity index (χ2n) is 7.01. The van der Waals surface area contributed by atoms with Gasteiger partial charge in [-0.05, 0) is 56.2 Å². The standard InChI is InChI=1S/C22H21ClN2O2S/c1-15-2-4-16(5-3-15)22(26)25(19-8-9-19)12-18-14-28-21(24-18)13-27-20-10-6-17(23)7-11-20/h2-7,10-11,14,19H,8-9,12-13H2,1H3. The zero-order valence-corrected chi connectivity index (χ0v) is 17.2. The minimum absolute atomic E-state index is 0.0782. The van der Waals surface area contributed by atoms with Crippen LogP contribution in [-0.2, 0) is 13.2 Å². The molecule has 0 aliphatic heterocycles. The third-order valence-corrected chi connectivity index (χ3v) is 5.78. The molecular formula is C22H21ClN2O2S. The minimum atomic E-state index is 0.0782. The molecule has 1 saturated carbocycles. The fourth-order valence-electron chi connectivity index (χ4n) is 2.95. The molecular weight excluding hydrogens is 392 g/mol. The summed E-state index contributed by atoms with van der Waals surface area (Å²) in [6.45, 7) is 2.96. The molecule has 3 aromatic rings. The van der Waals surface area contributed by atoms with E-state index in [4.69, 9.17) is 16.3 Å². The lowest BCUT2D eigenvalue weighted by atomic mass is 10.1. The van der Waals surface area contributed by atoms with Gasteiger partial charge < -0.3 is 9.64 Å². The van der Waals surface area contributed by atoms with Crippen LogP contribution in [0.3, 0.4) is 0 Å². The summed E-state index contributed by atoms with van der Waals surface area (Å²) >= 11 is 7.45. The molecule has 0 radical (unpaired) electrons. The van der Waals surface area contributed by atoms with Crippen LogP contribution in [0.25, 0.3) is 0 Å². The van der Waals surface area contributed by atoms with Crippen LogP contribution < -0.4 is 4.74 Å². The number of carbonyl (C=O) groups excluding carboxylic acids is 1. The second kappa shape index (κ2) is 8.33. The molecule has 4 nitrogen and oxygen atoms in total. The number of benzene rings is 2. The van der Waals surface area contributed by atoms with Gasteiger partial charge in [0.2, 0.25) is 0 Å². The van der Waals surface area contributed by atoms with Crippen molar-refractivity contribution in [3.63, 3.8) is 0 Å². The summed E-state index contributed by atoms with van der Waals surface area (Å²) in [5.74, 6) is 0.838. The Morgan fingerprint density at radius 3 is 2.57 bits per heavy atom. The van der Waals surface area contributed by atoms with Crippen LogP contribution in [0.5, 0.6) is 5.75 Å². The Balaban J connectivity index is 1.40. The molecule has 144 valence electrons. The van der Waals surface area contributed by atoms with Crippen LogP contribution in [0.1, 0.15) is 39.5 Å². The topological polar surface area (TPSA) is 42.4 Å². The van der Waals surface area contributed by atoms with Crippen LogP contribution in [0.2, 0.25) is 5.02 Å². The zero-order chi connectivity index (χ0) is 19.5. The van der Waals surface area contributed by atoms with Crippen molar-refractivity contribution in [3.05, 3.63) is 80.8 Å². The van der Waals surface area contributed by atoms with Gasteiger partial charge in [-0.15, -0.1) is 11.3 Å². The Bertz CT molecular complexity index is 949. The maximum Gasteiger partial charge on any atom is 0.254 e. The van der Waals surface area contributed by atoms with Gasteiger partial charge in [0.25, 0.3) is 5.91 Å². The average molecular weight is 413 g/mol. The van der Waals surface area contributed by atoms with Crippen molar-refractivity contribution >= 4 is 28.8 Å². The molecule has 0 spiro atoms. The molecule has 1 aliphatic rings. The maximum atomic E-state index is 13.0. The first kappa shape index (κ1) is 19.0. The normalized spacial score (nSPS) is 13.4. The fourth-order valence-corrected chi connectivity index (χ4v) is 3.78. The van der Waals surface area contributed by atoms with Gasteiger partial charge in [-0.25, -0.2) is 4.98 Å². The third kappa shape index (κ3) is 4.72. The van der Waals surface area contributed by atoms with Crippen molar-refractivity contribution in [2.24, 2.45) is 0 Å². The predicted molar refractivity (Wildman–Crippen MR) is 112 cm³/mol. The Kier molecular flexibility index (Phi) is 5.64. The summed E-state index contributed by atoms with van der Waals surface area (Å²) in [6.07, 6.45) is 2.13. The lowest BCUT2D eigenvalue weighted by Gasteiger charge is -2.21. The van der Waals surface area contributed by atoms with Crippen LogP contribution in [0.4, 0.5) is 0 Å². The number of ether oxygens (including phenoxy) is 1. The van der Waals surface area contributed by atoms with Gasteiger partial charge in [0, 0.05) is 22.0 Å². The first-order valence-electron chi connectivity index (χ1n) is 9.28. The molecule has 1 heterocycles. The lowest BCUT2D eigenvalue weighted by molar-refractivity contribution is 0.0728. The molecule has 1 amide bonds. The number of halogens is 1. The highest BCUT2D eigenvalue weighted by Gasteiger charge is 2.33. The SMILES string of the molecule is Cc1ccc(C(=O)N(Cc2csc(COc3ccc(Cl)cc3)n2)C2CC2)cc1. The third-order valence-electron chi connectivity index (χ3n) is 4.65. The van der Waals surface area contributed by atoms with Gasteiger partial charge in [-0.1, -0.05) is 29.3 Å². The van der Waals surface area contributed by atoms with Crippen molar-refractivity contribution in [3.8, 4) is 5.75 Å². The molecule has 28 heavy (non-hydrogen) atoms. The summed E-state index contributed by atoms with van der Waals surface area (Å²) in [6, 6.07) is 15.4.